The molecular weight excluding hydrogens is 194 g/mol. The summed E-state index contributed by atoms with van der Waals surface area (Å²) in [5.74, 6) is 0. The van der Waals surface area contributed by atoms with Gasteiger partial charge in [-0.25, -0.2) is 4.98 Å². The van der Waals surface area contributed by atoms with E-state index in [9.17, 15) is 0 Å². The zero-order valence-corrected chi connectivity index (χ0v) is 8.70. The zero-order chi connectivity index (χ0) is 9.80. The summed E-state index contributed by atoms with van der Waals surface area (Å²) in [5, 5.41) is 3.14. The van der Waals surface area contributed by atoms with Crippen molar-refractivity contribution in [2.45, 2.75) is 13.0 Å². The highest BCUT2D eigenvalue weighted by molar-refractivity contribution is 7.09. The third-order valence-corrected chi connectivity index (χ3v) is 2.88. The second kappa shape index (κ2) is 4.39. The fraction of sp³-hybridized carbons (Fsp3) is 0.300. The van der Waals surface area contributed by atoms with Gasteiger partial charge in [0.15, 0.2) is 0 Å². The Morgan fingerprint density at radius 1 is 1.50 bits per heavy atom. The first kappa shape index (κ1) is 9.43. The first-order valence-electron chi connectivity index (χ1n) is 4.62. The molecule has 0 radical (unpaired) electrons. The topological polar surface area (TPSA) is 43.8 Å². The molecule has 0 spiro atoms. The molecule has 2 heterocycles. The Morgan fingerprint density at radius 3 is 3.14 bits per heavy atom. The van der Waals surface area contributed by atoms with Crippen LogP contribution in [0.5, 0.6) is 0 Å². The Morgan fingerprint density at radius 2 is 2.43 bits per heavy atom. The van der Waals surface area contributed by atoms with E-state index in [1.54, 1.807) is 11.3 Å². The molecule has 2 N–H and O–H groups in total. The summed E-state index contributed by atoms with van der Waals surface area (Å²) in [6.07, 6.45) is 4.84. The van der Waals surface area contributed by atoms with Gasteiger partial charge < -0.3 is 10.3 Å². The number of aromatic nitrogens is 2. The summed E-state index contributed by atoms with van der Waals surface area (Å²) in [4.78, 5) is 4.26. The summed E-state index contributed by atoms with van der Waals surface area (Å²) in [6, 6.07) is 4.17. The summed E-state index contributed by atoms with van der Waals surface area (Å²) in [5.41, 5.74) is 6.82. The van der Waals surface area contributed by atoms with E-state index in [1.165, 1.54) is 5.69 Å². The van der Waals surface area contributed by atoms with Gasteiger partial charge in [0.05, 0.1) is 6.54 Å². The average molecular weight is 207 g/mol. The molecule has 0 saturated carbocycles. The lowest BCUT2D eigenvalue weighted by Gasteiger charge is -2.05. The van der Waals surface area contributed by atoms with Crippen LogP contribution in [0, 0.1) is 0 Å². The lowest BCUT2D eigenvalue weighted by molar-refractivity contribution is 0.732. The molecule has 14 heavy (non-hydrogen) atoms. The van der Waals surface area contributed by atoms with Crippen molar-refractivity contribution in [3.8, 4) is 0 Å². The molecule has 0 aliphatic heterocycles. The zero-order valence-electron chi connectivity index (χ0n) is 7.89. The number of rotatable bonds is 4. The van der Waals surface area contributed by atoms with Crippen molar-refractivity contribution in [2.75, 3.05) is 6.54 Å². The van der Waals surface area contributed by atoms with Gasteiger partial charge in [0.2, 0.25) is 0 Å². The summed E-state index contributed by atoms with van der Waals surface area (Å²) >= 11 is 1.68. The Labute approximate surface area is 87.2 Å². The predicted octanol–water partition coefficient (Wildman–Crippen LogP) is 1.49. The molecule has 0 aliphatic rings. The van der Waals surface area contributed by atoms with Crippen LogP contribution in [0.3, 0.4) is 0 Å². The van der Waals surface area contributed by atoms with E-state index >= 15 is 0 Å². The molecule has 0 atom stereocenters. The van der Waals surface area contributed by atoms with Gasteiger partial charge >= 0.3 is 0 Å². The minimum atomic E-state index is 0.696. The maximum atomic E-state index is 5.54. The van der Waals surface area contributed by atoms with Crippen molar-refractivity contribution < 1.29 is 0 Å². The average Bonchev–Trinajstić information content (AvgIpc) is 2.80. The summed E-state index contributed by atoms with van der Waals surface area (Å²) < 4.78 is 2.20. The maximum absolute atomic E-state index is 5.54. The van der Waals surface area contributed by atoms with E-state index in [0.717, 1.165) is 18.0 Å². The number of nitrogens with zero attached hydrogens (tertiary/aromatic N) is 2. The second-order valence-electron chi connectivity index (χ2n) is 3.09. The van der Waals surface area contributed by atoms with Crippen LogP contribution in [0.15, 0.2) is 29.9 Å². The van der Waals surface area contributed by atoms with Gasteiger partial charge in [-0.2, -0.15) is 0 Å². The Kier molecular flexibility index (Phi) is 2.96. The third kappa shape index (κ3) is 2.02. The van der Waals surface area contributed by atoms with E-state index in [2.05, 4.69) is 27.9 Å². The second-order valence-corrected chi connectivity index (χ2v) is 4.07. The van der Waals surface area contributed by atoms with Crippen LogP contribution in [-0.4, -0.2) is 16.1 Å². The minimum Gasteiger partial charge on any atom is -0.345 e. The third-order valence-electron chi connectivity index (χ3n) is 2.11. The fourth-order valence-electron chi connectivity index (χ4n) is 1.46. The van der Waals surface area contributed by atoms with Gasteiger partial charge in [-0.3, -0.25) is 0 Å². The normalized spacial score (nSPS) is 10.6. The van der Waals surface area contributed by atoms with Gasteiger partial charge in [-0.15, -0.1) is 11.3 Å². The highest BCUT2D eigenvalue weighted by Crippen LogP contribution is 2.10. The molecule has 0 bridgehead atoms. The van der Waals surface area contributed by atoms with Crippen LogP contribution in [-0.2, 0) is 13.0 Å². The number of thiazole rings is 1. The largest absolute Gasteiger partial charge is 0.345 e. The molecule has 0 amide bonds. The highest BCUT2D eigenvalue weighted by Gasteiger charge is 2.01. The fourth-order valence-corrected chi connectivity index (χ4v) is 2.07. The Bertz CT molecular complexity index is 378. The lowest BCUT2D eigenvalue weighted by atomic mass is 10.3. The molecule has 2 rings (SSSR count). The van der Waals surface area contributed by atoms with Gasteiger partial charge in [0.1, 0.15) is 5.01 Å². The number of nitrogens with two attached hydrogens (primary N) is 1. The molecule has 74 valence electrons. The van der Waals surface area contributed by atoms with Crippen LogP contribution >= 0.6 is 11.3 Å². The molecule has 2 aromatic heterocycles. The highest BCUT2D eigenvalue weighted by atomic mass is 32.1. The van der Waals surface area contributed by atoms with Crippen LogP contribution in [0.4, 0.5) is 0 Å². The van der Waals surface area contributed by atoms with Crippen LogP contribution in [0.2, 0.25) is 0 Å². The summed E-state index contributed by atoms with van der Waals surface area (Å²) in [7, 11) is 0. The van der Waals surface area contributed by atoms with Gasteiger partial charge in [-0.05, 0) is 25.1 Å². The van der Waals surface area contributed by atoms with E-state index < -0.39 is 0 Å². The maximum Gasteiger partial charge on any atom is 0.112 e. The molecule has 4 heteroatoms. The smallest absolute Gasteiger partial charge is 0.112 e. The van der Waals surface area contributed by atoms with E-state index in [4.69, 9.17) is 5.73 Å². The summed E-state index contributed by atoms with van der Waals surface area (Å²) in [6.45, 7) is 1.56. The standard InChI is InChI=1S/C10H13N3S/c11-4-3-9-2-1-6-13(9)8-10-12-5-7-14-10/h1-2,5-7H,3-4,8,11H2. The Hall–Kier alpha value is -1.13. The number of hydrogen-bond donors (Lipinski definition) is 1. The van der Waals surface area contributed by atoms with Gasteiger partial charge in [0, 0.05) is 23.5 Å². The van der Waals surface area contributed by atoms with E-state index in [1.807, 2.05) is 11.6 Å². The van der Waals surface area contributed by atoms with Crippen molar-refractivity contribution in [1.29, 1.82) is 0 Å². The minimum absolute atomic E-state index is 0.696. The van der Waals surface area contributed by atoms with Crippen LogP contribution in [0.1, 0.15) is 10.7 Å². The molecule has 0 aliphatic carbocycles. The molecular formula is C10H13N3S. The van der Waals surface area contributed by atoms with Crippen molar-refractivity contribution in [3.05, 3.63) is 40.6 Å². The van der Waals surface area contributed by atoms with Gasteiger partial charge in [-0.1, -0.05) is 0 Å². The van der Waals surface area contributed by atoms with Crippen molar-refractivity contribution in [3.63, 3.8) is 0 Å². The van der Waals surface area contributed by atoms with Crippen LogP contribution < -0.4 is 5.73 Å². The van der Waals surface area contributed by atoms with E-state index in [0.29, 0.717) is 6.54 Å². The quantitative estimate of drug-likeness (QED) is 0.825. The van der Waals surface area contributed by atoms with Crippen molar-refractivity contribution >= 4 is 11.3 Å². The SMILES string of the molecule is NCCc1cccn1Cc1nccs1. The number of hydrogen-bond acceptors (Lipinski definition) is 3. The Balaban J connectivity index is 2.12. The molecule has 0 aromatic carbocycles. The first-order valence-corrected chi connectivity index (χ1v) is 5.50. The molecule has 0 saturated heterocycles. The van der Waals surface area contributed by atoms with E-state index in [-0.39, 0.29) is 0 Å². The van der Waals surface area contributed by atoms with Gasteiger partial charge in [0.25, 0.3) is 0 Å². The van der Waals surface area contributed by atoms with Crippen LogP contribution in [0.25, 0.3) is 0 Å². The lowest BCUT2D eigenvalue weighted by Crippen LogP contribution is -2.09. The van der Waals surface area contributed by atoms with Crippen molar-refractivity contribution in [2.24, 2.45) is 5.73 Å². The molecule has 0 unspecified atom stereocenters. The molecule has 3 nitrogen and oxygen atoms in total. The predicted molar refractivity (Wildman–Crippen MR) is 58.4 cm³/mol. The molecule has 0 fully saturated rings. The first-order chi connectivity index (χ1) is 6.90. The van der Waals surface area contributed by atoms with Crippen molar-refractivity contribution in [1.82, 2.24) is 9.55 Å². The molecule has 2 aromatic rings. The monoisotopic (exact) mass is 207 g/mol.